The third-order valence-electron chi connectivity index (χ3n) is 4.87. The predicted octanol–water partition coefficient (Wildman–Crippen LogP) is 3.59. The van der Waals surface area contributed by atoms with Crippen molar-refractivity contribution in [1.29, 1.82) is 0 Å². The van der Waals surface area contributed by atoms with Gasteiger partial charge in [-0.05, 0) is 36.8 Å². The highest BCUT2D eigenvalue weighted by molar-refractivity contribution is 7.92. The van der Waals surface area contributed by atoms with Gasteiger partial charge in [-0.2, -0.15) is 0 Å². The van der Waals surface area contributed by atoms with Gasteiger partial charge in [0.2, 0.25) is 0 Å². The molecule has 2 aromatic carbocycles. The van der Waals surface area contributed by atoms with E-state index in [2.05, 4.69) is 0 Å². The van der Waals surface area contributed by atoms with Crippen molar-refractivity contribution in [3.05, 3.63) is 65.2 Å². The average Bonchev–Trinajstić information content (AvgIpc) is 3.32. The molecule has 0 amide bonds. The van der Waals surface area contributed by atoms with Gasteiger partial charge in [0.15, 0.2) is 9.84 Å². The van der Waals surface area contributed by atoms with Gasteiger partial charge < -0.3 is 10.5 Å². The Morgan fingerprint density at radius 2 is 1.92 bits per heavy atom. The molecule has 0 aromatic heterocycles. The molecule has 1 aliphatic rings. The minimum atomic E-state index is -3.65. The number of sulfone groups is 1. The molecule has 3 atom stereocenters. The highest BCUT2D eigenvalue weighted by Gasteiger charge is 2.73. The number of nitrogens with two attached hydrogens (primary N) is 1. The summed E-state index contributed by atoms with van der Waals surface area (Å²) in [5, 5.41) is -0.238. The van der Waals surface area contributed by atoms with E-state index in [1.807, 2.05) is 13.0 Å². The Morgan fingerprint density at radius 1 is 1.23 bits per heavy atom. The first-order valence-electron chi connectivity index (χ1n) is 8.27. The zero-order valence-corrected chi connectivity index (χ0v) is 16.7. The van der Waals surface area contributed by atoms with Crippen LogP contribution in [-0.4, -0.2) is 31.9 Å². The maximum atomic E-state index is 13.3. The topological polar surface area (TPSA) is 69.4 Å². The van der Waals surface area contributed by atoms with E-state index in [1.54, 1.807) is 48.5 Å². The van der Waals surface area contributed by atoms with Crippen LogP contribution in [0, 0.1) is 5.41 Å². The second-order valence-electron chi connectivity index (χ2n) is 6.35. The summed E-state index contributed by atoms with van der Waals surface area (Å²) in [7, 11) is -3.65. The van der Waals surface area contributed by atoms with Crippen LogP contribution < -0.4 is 5.73 Å². The van der Waals surface area contributed by atoms with Gasteiger partial charge in [-0.15, -0.1) is 0 Å². The van der Waals surface area contributed by atoms with Crippen LogP contribution >= 0.6 is 23.8 Å². The van der Waals surface area contributed by atoms with E-state index in [9.17, 15) is 8.42 Å². The summed E-state index contributed by atoms with van der Waals surface area (Å²) in [4.78, 5) is 0.409. The number of hydrogen-bond donors (Lipinski definition) is 1. The average molecular weight is 410 g/mol. The van der Waals surface area contributed by atoms with Crippen LogP contribution in [0.3, 0.4) is 0 Å². The quantitative estimate of drug-likeness (QED) is 0.707. The Labute approximate surface area is 164 Å². The zero-order valence-electron chi connectivity index (χ0n) is 14.3. The lowest BCUT2D eigenvalue weighted by molar-refractivity contribution is 0.121. The fourth-order valence-electron chi connectivity index (χ4n) is 3.60. The summed E-state index contributed by atoms with van der Waals surface area (Å²) in [5.41, 5.74) is 5.92. The standard InChI is InChI=1S/C19H20ClNO3S2/c1-2-24-12-19(18(21)25)16(13-7-6-8-14(20)11-13)17(19)26(22,23)15-9-4-3-5-10-15/h3-11,16-17H,2,12H2,1H3,(H2,21,25). The van der Waals surface area contributed by atoms with E-state index in [1.165, 1.54) is 0 Å². The van der Waals surface area contributed by atoms with Crippen molar-refractivity contribution in [3.63, 3.8) is 0 Å². The van der Waals surface area contributed by atoms with Crippen LogP contribution in [0.4, 0.5) is 0 Å². The van der Waals surface area contributed by atoms with Crippen LogP contribution in [-0.2, 0) is 14.6 Å². The second kappa shape index (κ2) is 7.27. The molecule has 1 aliphatic carbocycles. The van der Waals surface area contributed by atoms with Crippen molar-refractivity contribution in [2.45, 2.75) is 23.0 Å². The smallest absolute Gasteiger partial charge is 0.182 e. The molecule has 4 nitrogen and oxygen atoms in total. The number of halogens is 1. The largest absolute Gasteiger partial charge is 0.393 e. The molecule has 2 aromatic rings. The van der Waals surface area contributed by atoms with Crippen molar-refractivity contribution in [3.8, 4) is 0 Å². The molecule has 0 radical (unpaired) electrons. The van der Waals surface area contributed by atoms with Crippen molar-refractivity contribution in [2.24, 2.45) is 11.1 Å². The van der Waals surface area contributed by atoms with Gasteiger partial charge in [-0.1, -0.05) is 54.2 Å². The molecule has 7 heteroatoms. The normalized spacial score (nSPS) is 25.0. The highest BCUT2D eigenvalue weighted by Crippen LogP contribution is 2.64. The minimum absolute atomic E-state index is 0.153. The Bertz CT molecular complexity index is 917. The van der Waals surface area contributed by atoms with E-state index < -0.39 is 26.4 Å². The third kappa shape index (κ3) is 3.16. The maximum Gasteiger partial charge on any atom is 0.182 e. The first-order chi connectivity index (χ1) is 12.4. The molecule has 1 fully saturated rings. The SMILES string of the molecule is CCOCC1(C(N)=S)C(c2cccc(Cl)c2)C1S(=O)(=O)c1ccccc1. The lowest BCUT2D eigenvalue weighted by Gasteiger charge is -2.17. The first-order valence-corrected chi connectivity index (χ1v) is 10.6. The molecular formula is C19H20ClNO3S2. The number of rotatable bonds is 7. The van der Waals surface area contributed by atoms with Gasteiger partial charge in [0.05, 0.1) is 27.2 Å². The Morgan fingerprint density at radius 3 is 2.50 bits per heavy atom. The molecule has 138 valence electrons. The van der Waals surface area contributed by atoms with E-state index in [-0.39, 0.29) is 16.5 Å². The summed E-state index contributed by atoms with van der Waals surface area (Å²) in [6.07, 6.45) is 0. The number of benzene rings is 2. The Balaban J connectivity index is 2.12. The van der Waals surface area contributed by atoms with Crippen molar-refractivity contribution < 1.29 is 13.2 Å². The Kier molecular flexibility index (Phi) is 5.40. The van der Waals surface area contributed by atoms with Gasteiger partial charge in [0.25, 0.3) is 0 Å². The molecule has 3 unspecified atom stereocenters. The summed E-state index contributed by atoms with van der Waals surface area (Å²) in [6.45, 7) is 2.46. The summed E-state index contributed by atoms with van der Waals surface area (Å²) < 4.78 is 32.3. The second-order valence-corrected chi connectivity index (χ2v) is 9.30. The van der Waals surface area contributed by atoms with E-state index in [0.717, 1.165) is 5.56 Å². The van der Waals surface area contributed by atoms with Crippen LogP contribution in [0.5, 0.6) is 0 Å². The number of thiocarbonyl (C=S) groups is 1. The van der Waals surface area contributed by atoms with E-state index >= 15 is 0 Å². The molecule has 1 saturated carbocycles. The monoisotopic (exact) mass is 409 g/mol. The fraction of sp³-hybridized carbons (Fsp3) is 0.316. The molecule has 0 bridgehead atoms. The van der Waals surface area contributed by atoms with Gasteiger partial charge in [-0.25, -0.2) is 8.42 Å². The molecule has 2 N–H and O–H groups in total. The summed E-state index contributed by atoms with van der Waals surface area (Å²) in [6, 6.07) is 15.5. The van der Waals surface area contributed by atoms with Crippen molar-refractivity contribution in [2.75, 3.05) is 13.2 Å². The van der Waals surface area contributed by atoms with Crippen LogP contribution in [0.2, 0.25) is 5.02 Å². The highest BCUT2D eigenvalue weighted by atomic mass is 35.5. The van der Waals surface area contributed by atoms with Gasteiger partial charge in [-0.3, -0.25) is 0 Å². The molecule has 0 aliphatic heterocycles. The Hall–Kier alpha value is -1.47. The third-order valence-corrected chi connectivity index (χ3v) is 7.78. The number of hydrogen-bond acceptors (Lipinski definition) is 4. The fourth-order valence-corrected chi connectivity index (χ4v) is 6.59. The molecule has 0 heterocycles. The zero-order chi connectivity index (χ0) is 18.9. The van der Waals surface area contributed by atoms with Crippen molar-refractivity contribution >= 4 is 38.6 Å². The molecular weight excluding hydrogens is 390 g/mol. The molecule has 0 saturated heterocycles. The van der Waals surface area contributed by atoms with Crippen LogP contribution in [0.25, 0.3) is 0 Å². The molecule has 3 rings (SSSR count). The maximum absolute atomic E-state index is 13.3. The van der Waals surface area contributed by atoms with Crippen LogP contribution in [0.1, 0.15) is 18.4 Å². The lowest BCUT2D eigenvalue weighted by Crippen LogP contribution is -2.33. The minimum Gasteiger partial charge on any atom is -0.393 e. The summed E-state index contributed by atoms with van der Waals surface area (Å²) in [5.74, 6) is -0.393. The molecule has 0 spiro atoms. The van der Waals surface area contributed by atoms with Crippen LogP contribution in [0.15, 0.2) is 59.5 Å². The van der Waals surface area contributed by atoms with Gasteiger partial charge in [0, 0.05) is 17.5 Å². The van der Waals surface area contributed by atoms with E-state index in [4.69, 9.17) is 34.3 Å². The first kappa shape index (κ1) is 19.3. The molecule has 26 heavy (non-hydrogen) atoms. The predicted molar refractivity (Wildman–Crippen MR) is 107 cm³/mol. The lowest BCUT2D eigenvalue weighted by atomic mass is 10.00. The number of ether oxygens (including phenoxy) is 1. The summed E-state index contributed by atoms with van der Waals surface area (Å²) >= 11 is 11.4. The van der Waals surface area contributed by atoms with Gasteiger partial charge >= 0.3 is 0 Å². The van der Waals surface area contributed by atoms with Gasteiger partial charge in [0.1, 0.15) is 0 Å². The van der Waals surface area contributed by atoms with Crippen molar-refractivity contribution in [1.82, 2.24) is 0 Å². The van der Waals surface area contributed by atoms with E-state index in [0.29, 0.717) is 11.6 Å².